The molecule has 0 saturated heterocycles. The van der Waals surface area contributed by atoms with E-state index in [1.165, 1.54) is 12.3 Å². The summed E-state index contributed by atoms with van der Waals surface area (Å²) < 4.78 is 14.0. The number of carbonyl (C=O) groups is 1. The van der Waals surface area contributed by atoms with Gasteiger partial charge < -0.3 is 5.32 Å². The number of aromatic nitrogens is 2. The van der Waals surface area contributed by atoms with E-state index in [1.807, 2.05) is 20.8 Å². The maximum absolute atomic E-state index is 14.0. The summed E-state index contributed by atoms with van der Waals surface area (Å²) in [4.78, 5) is 11.8. The van der Waals surface area contributed by atoms with E-state index in [-0.39, 0.29) is 17.1 Å². The first kappa shape index (κ1) is 13.3. The fraction of sp³-hybridized carbons (Fsp3) is 0.286. The van der Waals surface area contributed by atoms with Gasteiger partial charge in [0, 0.05) is 11.9 Å². The second kappa shape index (κ2) is 4.84. The van der Waals surface area contributed by atoms with Crippen molar-refractivity contribution in [3.05, 3.63) is 47.5 Å². The van der Waals surface area contributed by atoms with Crippen molar-refractivity contribution >= 4 is 11.6 Å². The molecule has 1 heterocycles. The number of rotatable bonds is 2. The van der Waals surface area contributed by atoms with E-state index in [0.29, 0.717) is 16.9 Å². The van der Waals surface area contributed by atoms with E-state index in [2.05, 4.69) is 15.5 Å². The van der Waals surface area contributed by atoms with Crippen LogP contribution in [0.25, 0.3) is 0 Å². The third kappa shape index (κ3) is 2.99. The lowest BCUT2D eigenvalue weighted by atomic mass is 9.86. The summed E-state index contributed by atoms with van der Waals surface area (Å²) in [7, 11) is 0. The SMILES string of the molecule is CC(C)(C)c1ccc(NC(=O)c2ccn[nH]2)cc1F. The Morgan fingerprint density at radius 1 is 1.32 bits per heavy atom. The Balaban J connectivity index is 2.19. The first-order chi connectivity index (χ1) is 8.88. The van der Waals surface area contributed by atoms with Crippen LogP contribution in [0, 0.1) is 5.82 Å². The molecule has 0 aliphatic carbocycles. The Labute approximate surface area is 111 Å². The third-order valence-corrected chi connectivity index (χ3v) is 2.78. The minimum atomic E-state index is -0.347. The molecule has 19 heavy (non-hydrogen) atoms. The number of hydrogen-bond acceptors (Lipinski definition) is 2. The van der Waals surface area contributed by atoms with Gasteiger partial charge in [-0.05, 0) is 29.2 Å². The lowest BCUT2D eigenvalue weighted by Gasteiger charge is -2.20. The molecular formula is C14H16FN3O. The van der Waals surface area contributed by atoms with Crippen molar-refractivity contribution in [1.82, 2.24) is 10.2 Å². The fourth-order valence-corrected chi connectivity index (χ4v) is 1.78. The Bertz CT molecular complexity index is 585. The van der Waals surface area contributed by atoms with Crippen LogP contribution >= 0.6 is 0 Å². The average Bonchev–Trinajstić information content (AvgIpc) is 2.80. The number of halogens is 1. The van der Waals surface area contributed by atoms with E-state index in [0.717, 1.165) is 0 Å². The van der Waals surface area contributed by atoms with E-state index in [9.17, 15) is 9.18 Å². The van der Waals surface area contributed by atoms with Crippen LogP contribution in [0.1, 0.15) is 36.8 Å². The molecule has 2 rings (SSSR count). The Hall–Kier alpha value is -2.17. The maximum Gasteiger partial charge on any atom is 0.273 e. The molecule has 2 N–H and O–H groups in total. The number of carbonyl (C=O) groups excluding carboxylic acids is 1. The van der Waals surface area contributed by atoms with Gasteiger partial charge in [0.25, 0.3) is 5.91 Å². The molecular weight excluding hydrogens is 245 g/mol. The second-order valence-corrected chi connectivity index (χ2v) is 5.37. The summed E-state index contributed by atoms with van der Waals surface area (Å²) in [5.74, 6) is -0.671. The van der Waals surface area contributed by atoms with Crippen LogP contribution in [0.3, 0.4) is 0 Å². The topological polar surface area (TPSA) is 57.8 Å². The number of H-pyrrole nitrogens is 1. The molecule has 5 heteroatoms. The summed E-state index contributed by atoms with van der Waals surface area (Å²) >= 11 is 0. The van der Waals surface area contributed by atoms with Crippen LogP contribution in [0.5, 0.6) is 0 Å². The van der Waals surface area contributed by atoms with Gasteiger partial charge in [-0.25, -0.2) is 4.39 Å². The number of benzene rings is 1. The number of nitrogens with one attached hydrogen (secondary N) is 2. The van der Waals surface area contributed by atoms with Crippen LogP contribution in [0.4, 0.5) is 10.1 Å². The van der Waals surface area contributed by atoms with Crippen molar-refractivity contribution in [3.8, 4) is 0 Å². The third-order valence-electron chi connectivity index (χ3n) is 2.78. The normalized spacial score (nSPS) is 11.4. The lowest BCUT2D eigenvalue weighted by Crippen LogP contribution is -2.15. The molecule has 0 bridgehead atoms. The highest BCUT2D eigenvalue weighted by Gasteiger charge is 2.18. The predicted octanol–water partition coefficient (Wildman–Crippen LogP) is 3.10. The number of anilines is 1. The first-order valence-corrected chi connectivity index (χ1v) is 5.98. The summed E-state index contributed by atoms with van der Waals surface area (Å²) in [5.41, 5.74) is 1.10. The van der Waals surface area contributed by atoms with Crippen molar-refractivity contribution in [2.24, 2.45) is 0 Å². The second-order valence-electron chi connectivity index (χ2n) is 5.37. The smallest absolute Gasteiger partial charge is 0.273 e. The van der Waals surface area contributed by atoms with E-state index in [4.69, 9.17) is 0 Å². The van der Waals surface area contributed by atoms with Crippen LogP contribution in [0.15, 0.2) is 30.5 Å². The minimum absolute atomic E-state index is 0.268. The van der Waals surface area contributed by atoms with Gasteiger partial charge in [-0.3, -0.25) is 9.89 Å². The number of nitrogens with zero attached hydrogens (tertiary/aromatic N) is 1. The van der Waals surface area contributed by atoms with Crippen molar-refractivity contribution in [1.29, 1.82) is 0 Å². The largest absolute Gasteiger partial charge is 0.321 e. The van der Waals surface area contributed by atoms with Crippen molar-refractivity contribution in [2.75, 3.05) is 5.32 Å². The van der Waals surface area contributed by atoms with E-state index in [1.54, 1.807) is 18.2 Å². The molecule has 0 unspecified atom stereocenters. The predicted molar refractivity (Wildman–Crippen MR) is 71.6 cm³/mol. The van der Waals surface area contributed by atoms with Crippen molar-refractivity contribution < 1.29 is 9.18 Å². The Kier molecular flexibility index (Phi) is 3.38. The minimum Gasteiger partial charge on any atom is -0.321 e. The van der Waals surface area contributed by atoms with E-state index >= 15 is 0 Å². The van der Waals surface area contributed by atoms with Gasteiger partial charge in [-0.1, -0.05) is 26.8 Å². The first-order valence-electron chi connectivity index (χ1n) is 5.98. The van der Waals surface area contributed by atoms with Crippen LogP contribution < -0.4 is 5.32 Å². The zero-order chi connectivity index (χ0) is 14.0. The molecule has 100 valence electrons. The lowest BCUT2D eigenvalue weighted by molar-refractivity contribution is 0.102. The Morgan fingerprint density at radius 3 is 2.58 bits per heavy atom. The van der Waals surface area contributed by atoms with Crippen molar-refractivity contribution in [2.45, 2.75) is 26.2 Å². The molecule has 4 nitrogen and oxygen atoms in total. The molecule has 1 aromatic heterocycles. The standard InChI is InChI=1S/C14H16FN3O/c1-14(2,3)10-5-4-9(8-11(10)15)17-13(19)12-6-7-16-18-12/h4-8H,1-3H3,(H,16,18)(H,17,19). The zero-order valence-electron chi connectivity index (χ0n) is 11.1. The van der Waals surface area contributed by atoms with Crippen LogP contribution in [-0.2, 0) is 5.41 Å². The highest BCUT2D eigenvalue weighted by molar-refractivity contribution is 6.02. The molecule has 0 radical (unpaired) electrons. The molecule has 2 aromatic rings. The molecule has 0 aliphatic rings. The summed E-state index contributed by atoms with van der Waals surface area (Å²) in [6.45, 7) is 5.82. The van der Waals surface area contributed by atoms with E-state index < -0.39 is 0 Å². The number of aromatic amines is 1. The average molecular weight is 261 g/mol. The maximum atomic E-state index is 14.0. The summed E-state index contributed by atoms with van der Waals surface area (Å²) in [5, 5.41) is 8.85. The van der Waals surface area contributed by atoms with Gasteiger partial charge in [0.1, 0.15) is 11.5 Å². The van der Waals surface area contributed by atoms with Gasteiger partial charge in [0.15, 0.2) is 0 Å². The van der Waals surface area contributed by atoms with Gasteiger partial charge in [0.05, 0.1) is 0 Å². The van der Waals surface area contributed by atoms with Crippen LogP contribution in [-0.4, -0.2) is 16.1 Å². The number of hydrogen-bond donors (Lipinski definition) is 2. The van der Waals surface area contributed by atoms with Gasteiger partial charge in [0.2, 0.25) is 0 Å². The van der Waals surface area contributed by atoms with Gasteiger partial charge in [-0.15, -0.1) is 0 Å². The highest BCUT2D eigenvalue weighted by atomic mass is 19.1. The van der Waals surface area contributed by atoms with Crippen LogP contribution in [0.2, 0.25) is 0 Å². The van der Waals surface area contributed by atoms with Gasteiger partial charge in [-0.2, -0.15) is 5.10 Å². The molecule has 0 aliphatic heterocycles. The number of amides is 1. The molecule has 1 aromatic carbocycles. The monoisotopic (exact) mass is 261 g/mol. The van der Waals surface area contributed by atoms with Crippen molar-refractivity contribution in [3.63, 3.8) is 0 Å². The molecule has 0 fully saturated rings. The molecule has 0 atom stereocenters. The quantitative estimate of drug-likeness (QED) is 0.872. The Morgan fingerprint density at radius 2 is 2.05 bits per heavy atom. The van der Waals surface area contributed by atoms with Gasteiger partial charge >= 0.3 is 0 Å². The summed E-state index contributed by atoms with van der Waals surface area (Å²) in [6, 6.07) is 6.26. The molecule has 0 spiro atoms. The molecule has 1 amide bonds. The molecule has 0 saturated carbocycles. The fourth-order valence-electron chi connectivity index (χ4n) is 1.78. The highest BCUT2D eigenvalue weighted by Crippen LogP contribution is 2.27. The zero-order valence-corrected chi connectivity index (χ0v) is 11.1. The summed E-state index contributed by atoms with van der Waals surface area (Å²) in [6.07, 6.45) is 1.48.